The van der Waals surface area contributed by atoms with Gasteiger partial charge in [0, 0.05) is 12.4 Å². The van der Waals surface area contributed by atoms with Crippen LogP contribution in [0.4, 0.5) is 0 Å². The fraction of sp³-hybridized carbons (Fsp3) is 0. The first-order valence-electron chi connectivity index (χ1n) is 3.09. The summed E-state index contributed by atoms with van der Waals surface area (Å²) >= 11 is 0. The molecule has 2 rings (SSSR count). The molecule has 2 heterocycles. The second-order valence-corrected chi connectivity index (χ2v) is 2.17. The largest absolute Gasteiger partial charge is 0.336 e. The van der Waals surface area contributed by atoms with E-state index in [9.17, 15) is 4.79 Å². The maximum atomic E-state index is 11.2. The Bertz CT molecular complexity index is 441. The van der Waals surface area contributed by atoms with E-state index in [2.05, 4.69) is 5.10 Å². The van der Waals surface area contributed by atoms with Gasteiger partial charge in [-0.25, -0.2) is 9.19 Å². The monoisotopic (exact) mass is 150 g/mol. The van der Waals surface area contributed by atoms with Gasteiger partial charge in [0.15, 0.2) is 0 Å². The molecule has 11 heavy (non-hydrogen) atoms. The summed E-state index contributed by atoms with van der Waals surface area (Å²) in [5, 5.41) is 3.87. The number of nitrogen functional groups attached to an aromatic ring is 1. The van der Waals surface area contributed by atoms with Gasteiger partial charge in [-0.1, -0.05) is 0 Å². The van der Waals surface area contributed by atoms with Crippen LogP contribution in [0.2, 0.25) is 0 Å². The predicted molar refractivity (Wildman–Crippen MR) is 39.6 cm³/mol. The van der Waals surface area contributed by atoms with Crippen molar-refractivity contribution in [3.63, 3.8) is 0 Å². The quantitative estimate of drug-likeness (QED) is 0.500. The minimum Gasteiger partial charge on any atom is -0.336 e. The lowest BCUT2D eigenvalue weighted by atomic mass is 10.5. The highest BCUT2D eigenvalue weighted by Gasteiger charge is 1.98. The van der Waals surface area contributed by atoms with Crippen LogP contribution in [0.15, 0.2) is 29.5 Å². The van der Waals surface area contributed by atoms with Crippen molar-refractivity contribution in [2.45, 2.75) is 0 Å². The van der Waals surface area contributed by atoms with Crippen molar-refractivity contribution in [3.05, 3.63) is 35.0 Å². The van der Waals surface area contributed by atoms with E-state index in [-0.39, 0.29) is 5.56 Å². The Morgan fingerprint density at radius 2 is 2.27 bits per heavy atom. The zero-order valence-electron chi connectivity index (χ0n) is 5.64. The van der Waals surface area contributed by atoms with Crippen LogP contribution in [0.25, 0.3) is 5.52 Å². The SMILES string of the molecule is Nn1ccn2nccc2c1=O. The number of aromatic nitrogens is 3. The normalized spacial score (nSPS) is 10.5. The van der Waals surface area contributed by atoms with Gasteiger partial charge in [-0.05, 0) is 6.07 Å². The van der Waals surface area contributed by atoms with Crippen LogP contribution in [-0.2, 0) is 0 Å². The van der Waals surface area contributed by atoms with E-state index in [1.165, 1.54) is 10.7 Å². The molecule has 0 fully saturated rings. The number of fused-ring (bicyclic) bond motifs is 1. The lowest BCUT2D eigenvalue weighted by Crippen LogP contribution is -2.27. The molecule has 0 aliphatic heterocycles. The van der Waals surface area contributed by atoms with Crippen LogP contribution in [0.5, 0.6) is 0 Å². The van der Waals surface area contributed by atoms with Crippen molar-refractivity contribution in [2.24, 2.45) is 0 Å². The molecule has 0 radical (unpaired) electrons. The molecule has 0 aromatic carbocycles. The molecule has 2 aromatic rings. The summed E-state index contributed by atoms with van der Waals surface area (Å²) in [4.78, 5) is 11.2. The second kappa shape index (κ2) is 1.85. The van der Waals surface area contributed by atoms with Crippen molar-refractivity contribution in [2.75, 3.05) is 5.84 Å². The van der Waals surface area contributed by atoms with Crippen LogP contribution in [0.1, 0.15) is 0 Å². The molecule has 0 atom stereocenters. The molecule has 2 aromatic heterocycles. The Labute approximate surface area is 61.6 Å². The highest BCUT2D eigenvalue weighted by atomic mass is 16.1. The van der Waals surface area contributed by atoms with E-state index in [1.54, 1.807) is 18.5 Å². The molecular formula is C6H6N4O. The van der Waals surface area contributed by atoms with Gasteiger partial charge in [-0.2, -0.15) is 5.10 Å². The van der Waals surface area contributed by atoms with E-state index in [4.69, 9.17) is 5.84 Å². The van der Waals surface area contributed by atoms with Crippen LogP contribution >= 0.6 is 0 Å². The van der Waals surface area contributed by atoms with Gasteiger partial charge in [0.2, 0.25) is 0 Å². The molecule has 0 unspecified atom stereocenters. The molecule has 2 N–H and O–H groups in total. The minimum atomic E-state index is -0.245. The number of hydrogen-bond acceptors (Lipinski definition) is 3. The van der Waals surface area contributed by atoms with E-state index < -0.39 is 0 Å². The summed E-state index contributed by atoms with van der Waals surface area (Å²) in [6, 6.07) is 1.62. The second-order valence-electron chi connectivity index (χ2n) is 2.17. The Hall–Kier alpha value is -1.78. The zero-order valence-corrected chi connectivity index (χ0v) is 5.64. The van der Waals surface area contributed by atoms with Gasteiger partial charge in [0.25, 0.3) is 5.56 Å². The molecule has 0 bridgehead atoms. The smallest absolute Gasteiger partial charge is 0.294 e. The van der Waals surface area contributed by atoms with Gasteiger partial charge in [0.1, 0.15) is 5.52 Å². The topological polar surface area (TPSA) is 65.3 Å². The van der Waals surface area contributed by atoms with Crippen LogP contribution in [-0.4, -0.2) is 14.3 Å². The Balaban J connectivity index is 3.05. The van der Waals surface area contributed by atoms with E-state index >= 15 is 0 Å². The minimum absolute atomic E-state index is 0.245. The summed E-state index contributed by atoms with van der Waals surface area (Å²) in [6.45, 7) is 0. The van der Waals surface area contributed by atoms with Crippen LogP contribution in [0, 0.1) is 0 Å². The standard InChI is InChI=1S/C6H6N4O/c7-9-3-4-10-5(6(9)11)1-2-8-10/h1-4H,7H2. The van der Waals surface area contributed by atoms with Crippen molar-refractivity contribution < 1.29 is 0 Å². The lowest BCUT2D eigenvalue weighted by molar-refractivity contribution is 0.865. The van der Waals surface area contributed by atoms with E-state index in [0.717, 1.165) is 4.68 Å². The summed E-state index contributed by atoms with van der Waals surface area (Å²) < 4.78 is 2.50. The summed E-state index contributed by atoms with van der Waals surface area (Å²) in [6.07, 6.45) is 4.63. The maximum Gasteiger partial charge on any atom is 0.294 e. The summed E-state index contributed by atoms with van der Waals surface area (Å²) in [5.74, 6) is 5.31. The Morgan fingerprint density at radius 1 is 1.45 bits per heavy atom. The van der Waals surface area contributed by atoms with Crippen LogP contribution in [0.3, 0.4) is 0 Å². The predicted octanol–water partition coefficient (Wildman–Crippen LogP) is -0.790. The summed E-state index contributed by atoms with van der Waals surface area (Å²) in [7, 11) is 0. The first kappa shape index (κ1) is 5.96. The highest BCUT2D eigenvalue weighted by molar-refractivity contribution is 5.42. The first-order chi connectivity index (χ1) is 5.29. The third-order valence-electron chi connectivity index (χ3n) is 1.49. The van der Waals surface area contributed by atoms with E-state index in [1.807, 2.05) is 0 Å². The average molecular weight is 150 g/mol. The van der Waals surface area contributed by atoms with Gasteiger partial charge >= 0.3 is 0 Å². The van der Waals surface area contributed by atoms with Crippen molar-refractivity contribution in [3.8, 4) is 0 Å². The highest BCUT2D eigenvalue weighted by Crippen LogP contribution is 1.91. The molecule has 0 spiro atoms. The molecule has 5 heteroatoms. The molecule has 0 aliphatic carbocycles. The number of nitrogens with two attached hydrogens (primary N) is 1. The van der Waals surface area contributed by atoms with E-state index in [0.29, 0.717) is 5.52 Å². The van der Waals surface area contributed by atoms with Gasteiger partial charge in [-0.15, -0.1) is 0 Å². The van der Waals surface area contributed by atoms with Crippen molar-refractivity contribution in [1.82, 2.24) is 14.3 Å². The fourth-order valence-electron chi connectivity index (χ4n) is 0.937. The zero-order chi connectivity index (χ0) is 7.84. The molecule has 5 nitrogen and oxygen atoms in total. The number of hydrogen-bond donors (Lipinski definition) is 1. The maximum absolute atomic E-state index is 11.2. The molecule has 56 valence electrons. The molecule has 0 saturated heterocycles. The summed E-state index contributed by atoms with van der Waals surface area (Å²) in [5.41, 5.74) is 0.236. The third kappa shape index (κ3) is 0.706. The Morgan fingerprint density at radius 3 is 3.09 bits per heavy atom. The van der Waals surface area contributed by atoms with Gasteiger partial charge in [-0.3, -0.25) is 4.79 Å². The molecular weight excluding hydrogens is 144 g/mol. The van der Waals surface area contributed by atoms with Crippen molar-refractivity contribution in [1.29, 1.82) is 0 Å². The fourth-order valence-corrected chi connectivity index (χ4v) is 0.937. The molecule has 0 saturated carbocycles. The van der Waals surface area contributed by atoms with Crippen molar-refractivity contribution >= 4 is 5.52 Å². The van der Waals surface area contributed by atoms with Gasteiger partial charge < -0.3 is 5.84 Å². The van der Waals surface area contributed by atoms with Gasteiger partial charge in [0.05, 0.1) is 6.20 Å². The first-order valence-corrected chi connectivity index (χ1v) is 3.09. The number of nitrogens with zero attached hydrogens (tertiary/aromatic N) is 3. The third-order valence-corrected chi connectivity index (χ3v) is 1.49. The molecule has 0 amide bonds. The lowest BCUT2D eigenvalue weighted by Gasteiger charge is -1.95. The number of rotatable bonds is 0. The van der Waals surface area contributed by atoms with Crippen LogP contribution < -0.4 is 11.4 Å². The molecule has 0 aliphatic rings. The average Bonchev–Trinajstić information content (AvgIpc) is 2.45. The Kier molecular flexibility index (Phi) is 1.00.